The Labute approximate surface area is 338 Å². The largest absolute Gasteiger partial charge is 0.481 e. The van der Waals surface area contributed by atoms with Crippen LogP contribution in [0.25, 0.3) is 11.2 Å². The normalized spacial score (nSPS) is 21.0. The van der Waals surface area contributed by atoms with Gasteiger partial charge in [0.2, 0.25) is 17.6 Å². The molecule has 59 heavy (non-hydrogen) atoms. The van der Waals surface area contributed by atoms with Gasteiger partial charge in [0.1, 0.15) is 36.3 Å². The fourth-order valence-corrected chi connectivity index (χ4v) is 8.50. The topological polar surface area (TPSA) is 418 Å². The van der Waals surface area contributed by atoms with E-state index in [-0.39, 0.29) is 67.9 Å². The van der Waals surface area contributed by atoms with Crippen LogP contribution in [0.15, 0.2) is 12.7 Å². The van der Waals surface area contributed by atoms with Crippen LogP contribution in [0.5, 0.6) is 0 Å². The number of imidazole rings is 1. The number of nitrogens with zero attached hydrogens (tertiary/aromatic N) is 4. The van der Waals surface area contributed by atoms with E-state index >= 15 is 0 Å². The van der Waals surface area contributed by atoms with Gasteiger partial charge in [0.15, 0.2) is 17.7 Å². The Hall–Kier alpha value is -3.30. The first-order valence-electron chi connectivity index (χ1n) is 17.1. The number of rotatable bonds is 25. The number of hydrogen-bond donors (Lipinski definition) is 10. The molecular formula is C28H44N7O20P3S. The number of Topliss-reactive ketones (excluding diaryl/α,β-unsaturated/α-hetero) is 1. The van der Waals surface area contributed by atoms with Crippen LogP contribution in [0, 0.1) is 5.41 Å². The summed E-state index contributed by atoms with van der Waals surface area (Å²) in [7, 11) is -16.5. The van der Waals surface area contributed by atoms with Crippen molar-refractivity contribution in [1.82, 2.24) is 30.2 Å². The van der Waals surface area contributed by atoms with Gasteiger partial charge in [-0.25, -0.2) is 28.6 Å². The van der Waals surface area contributed by atoms with Gasteiger partial charge in [-0.05, 0) is 12.8 Å². The third-order valence-corrected chi connectivity index (χ3v) is 12.0. The van der Waals surface area contributed by atoms with E-state index < -0.39 is 101 Å². The number of ether oxygens (including phenoxy) is 1. The number of hydrogen-bond acceptors (Lipinski definition) is 20. The van der Waals surface area contributed by atoms with Crippen LogP contribution in [0.3, 0.4) is 0 Å². The van der Waals surface area contributed by atoms with Crippen LogP contribution in [-0.4, -0.2) is 140 Å². The van der Waals surface area contributed by atoms with Gasteiger partial charge >= 0.3 is 29.4 Å². The summed E-state index contributed by atoms with van der Waals surface area (Å²) in [4.78, 5) is 110. The van der Waals surface area contributed by atoms with Crippen molar-refractivity contribution in [1.29, 1.82) is 0 Å². The van der Waals surface area contributed by atoms with Gasteiger partial charge in [0, 0.05) is 43.5 Å². The Bertz CT molecular complexity index is 1980. The molecule has 0 bridgehead atoms. The number of amides is 2. The number of anilines is 1. The third-order valence-electron chi connectivity index (χ3n) is 8.01. The molecule has 0 radical (unpaired) electrons. The van der Waals surface area contributed by atoms with Crippen LogP contribution in [-0.2, 0) is 60.3 Å². The van der Waals surface area contributed by atoms with Gasteiger partial charge in [-0.1, -0.05) is 25.6 Å². The summed E-state index contributed by atoms with van der Waals surface area (Å²) in [5.41, 5.74) is 4.17. The third kappa shape index (κ3) is 15.9. The van der Waals surface area contributed by atoms with Crippen molar-refractivity contribution in [2.24, 2.45) is 5.41 Å². The summed E-state index contributed by atoms with van der Waals surface area (Å²) in [5.74, 6) is -3.27. The number of nitrogen functional groups attached to an aromatic ring is 1. The zero-order chi connectivity index (χ0) is 44.3. The second kappa shape index (κ2) is 21.5. The number of carbonyl (C=O) groups is 5. The summed E-state index contributed by atoms with van der Waals surface area (Å²) in [6.45, 7) is 0.0539. The highest BCUT2D eigenvalue weighted by atomic mass is 32.2. The second-order valence-electron chi connectivity index (χ2n) is 13.2. The van der Waals surface area contributed by atoms with Crippen molar-refractivity contribution in [3.63, 3.8) is 0 Å². The number of aliphatic carboxylic acids is 1. The van der Waals surface area contributed by atoms with Crippen molar-refractivity contribution >= 4 is 80.9 Å². The number of aliphatic hydroxyl groups excluding tert-OH is 2. The number of ketones is 1. The van der Waals surface area contributed by atoms with Crippen LogP contribution in [0.4, 0.5) is 5.82 Å². The lowest BCUT2D eigenvalue weighted by Crippen LogP contribution is -2.46. The second-order valence-corrected chi connectivity index (χ2v) is 18.5. The molecule has 7 atom stereocenters. The molecule has 1 fully saturated rings. The Morgan fingerprint density at radius 2 is 1.64 bits per heavy atom. The zero-order valence-electron chi connectivity index (χ0n) is 31.2. The van der Waals surface area contributed by atoms with Gasteiger partial charge in [-0.3, -0.25) is 42.1 Å². The summed E-state index contributed by atoms with van der Waals surface area (Å²) >= 11 is 0.677. The first kappa shape index (κ1) is 50.1. The molecule has 2 unspecified atom stereocenters. The maximum absolute atomic E-state index is 12.7. The Kier molecular flexibility index (Phi) is 18.2. The van der Waals surface area contributed by atoms with Crippen LogP contribution in [0.2, 0.25) is 0 Å². The average Bonchev–Trinajstić information content (AvgIpc) is 3.69. The number of carboxylic acids is 1. The molecule has 2 aromatic rings. The maximum Gasteiger partial charge on any atom is 0.481 e. The molecule has 1 aliphatic heterocycles. The first-order chi connectivity index (χ1) is 27.3. The number of fused-ring (bicyclic) bond motifs is 1. The summed E-state index contributed by atoms with van der Waals surface area (Å²) in [6, 6.07) is 0. The van der Waals surface area contributed by atoms with Crippen LogP contribution < -0.4 is 16.4 Å². The quantitative estimate of drug-likeness (QED) is 0.0320. The first-order valence-corrected chi connectivity index (χ1v) is 22.6. The highest BCUT2D eigenvalue weighted by Gasteiger charge is 2.50. The van der Waals surface area contributed by atoms with Gasteiger partial charge in [-0.15, -0.1) is 0 Å². The van der Waals surface area contributed by atoms with E-state index in [1.807, 2.05) is 0 Å². The molecule has 0 aromatic carbocycles. The molecule has 0 saturated carbocycles. The van der Waals surface area contributed by atoms with E-state index in [4.69, 9.17) is 24.6 Å². The number of nitrogens with one attached hydrogen (secondary N) is 2. The van der Waals surface area contributed by atoms with Crippen molar-refractivity contribution in [2.45, 2.75) is 76.6 Å². The minimum atomic E-state index is -5.60. The number of aliphatic hydroxyl groups is 2. The van der Waals surface area contributed by atoms with E-state index in [0.29, 0.717) is 11.8 Å². The number of aromatic nitrogens is 4. The lowest BCUT2D eigenvalue weighted by molar-refractivity contribution is -0.138. The van der Waals surface area contributed by atoms with Crippen molar-refractivity contribution in [3.8, 4) is 0 Å². The summed E-state index contributed by atoms with van der Waals surface area (Å²) in [6.07, 6.45) is -6.90. The fourth-order valence-electron chi connectivity index (χ4n) is 5.02. The van der Waals surface area contributed by atoms with Gasteiger partial charge in [0.05, 0.1) is 19.5 Å². The maximum atomic E-state index is 12.7. The Morgan fingerprint density at radius 1 is 0.983 bits per heavy atom. The van der Waals surface area contributed by atoms with E-state index in [1.54, 1.807) is 0 Å². The number of carbonyl (C=O) groups excluding carboxylic acids is 4. The van der Waals surface area contributed by atoms with E-state index in [0.717, 1.165) is 17.2 Å². The standard InChI is InChI=1S/C28H44N7O20P3S/c1-28(2,22(41)25(42)31-8-7-17(37)30-9-10-59-27(43)15(36)5-3-4-6-18(38)39)12-52-58(49,50)55-57(47,48)51-11-16-21(54-56(44,45)46)20(40)26(53-16)35-14-34-19-23(29)32-13-33-24(19)35/h13-14,16,20-22,26,40-41H,3-12H2,1-2H3,(H,30,37)(H,31,42)(H,38,39)(H,47,48)(H,49,50)(H2,29,32,33)(H2,44,45,46)/t16-,20-,21-,22+,26-/m1/s1. The molecule has 3 heterocycles. The monoisotopic (exact) mass is 923 g/mol. The molecular weight excluding hydrogens is 879 g/mol. The predicted molar refractivity (Wildman–Crippen MR) is 198 cm³/mol. The van der Waals surface area contributed by atoms with E-state index in [9.17, 15) is 67.5 Å². The minimum absolute atomic E-state index is 0.00256. The molecule has 11 N–H and O–H groups in total. The Morgan fingerprint density at radius 3 is 2.31 bits per heavy atom. The Balaban J connectivity index is 1.44. The van der Waals surface area contributed by atoms with Gasteiger partial charge in [-0.2, -0.15) is 4.31 Å². The lowest BCUT2D eigenvalue weighted by atomic mass is 9.87. The smallest absolute Gasteiger partial charge is 0.481 e. The predicted octanol–water partition coefficient (Wildman–Crippen LogP) is -1.12. The minimum Gasteiger partial charge on any atom is -0.481 e. The molecule has 1 aliphatic rings. The number of phosphoric acid groups is 3. The number of thioether (sulfide) groups is 1. The van der Waals surface area contributed by atoms with Gasteiger partial charge < -0.3 is 56.0 Å². The summed E-state index contributed by atoms with van der Waals surface area (Å²) in [5, 5.41) is 34.0. The molecule has 31 heteroatoms. The molecule has 332 valence electrons. The number of carboxylic acid groups (broad SMARTS) is 1. The van der Waals surface area contributed by atoms with Crippen LogP contribution in [0.1, 0.15) is 52.2 Å². The molecule has 2 aromatic heterocycles. The van der Waals surface area contributed by atoms with Crippen molar-refractivity contribution in [2.75, 3.05) is 37.8 Å². The lowest BCUT2D eigenvalue weighted by Gasteiger charge is -2.30. The molecule has 0 spiro atoms. The molecule has 27 nitrogen and oxygen atoms in total. The average molecular weight is 924 g/mol. The number of nitrogens with two attached hydrogens (primary N) is 1. The molecule has 3 rings (SSSR count). The molecule has 0 aliphatic carbocycles. The van der Waals surface area contributed by atoms with Crippen LogP contribution >= 0.6 is 35.2 Å². The fraction of sp³-hybridized carbons (Fsp3) is 0.643. The zero-order valence-corrected chi connectivity index (χ0v) is 34.7. The molecule has 1 saturated heterocycles. The van der Waals surface area contributed by atoms with E-state index in [2.05, 4.69) is 34.4 Å². The number of unbranched alkanes of at least 4 members (excludes halogenated alkanes) is 1. The number of phosphoric ester groups is 3. The van der Waals surface area contributed by atoms with Crippen molar-refractivity contribution in [3.05, 3.63) is 12.7 Å². The summed E-state index contributed by atoms with van der Waals surface area (Å²) < 4.78 is 62.0. The van der Waals surface area contributed by atoms with Gasteiger partial charge in [0.25, 0.3) is 5.12 Å². The highest BCUT2D eigenvalue weighted by molar-refractivity contribution is 8.15. The van der Waals surface area contributed by atoms with E-state index in [1.165, 1.54) is 13.8 Å². The SMILES string of the molecule is CC(C)(COP(=O)(O)OP(=O)(O)OC[C@H]1O[C@@H](n2cnc3c(N)ncnc32)[C@H](O)[C@@H]1OP(=O)(O)O)[C@@H](O)C(=O)NCCC(=O)NCCSC(=O)C(=O)CCCCC(=O)O. The molecule has 2 amide bonds. The highest BCUT2D eigenvalue weighted by Crippen LogP contribution is 2.61. The van der Waals surface area contributed by atoms with Crippen molar-refractivity contribution < 1.29 is 95.2 Å².